The molecule has 0 saturated carbocycles. The van der Waals surface area contributed by atoms with Crippen LogP contribution in [0.1, 0.15) is 53.4 Å². The summed E-state index contributed by atoms with van der Waals surface area (Å²) in [6, 6.07) is 0. The Balaban J connectivity index is 2.59. The van der Waals surface area contributed by atoms with E-state index in [1.54, 1.807) is 6.92 Å². The molecule has 0 aliphatic carbocycles. The minimum Gasteiger partial charge on any atom is -0.458 e. The van der Waals surface area contributed by atoms with Crippen molar-refractivity contribution < 1.29 is 19.1 Å². The first-order chi connectivity index (χ1) is 8.45. The molecule has 1 heterocycles. The maximum atomic E-state index is 11.7. The summed E-state index contributed by atoms with van der Waals surface area (Å²) in [5, 5.41) is 0. The van der Waals surface area contributed by atoms with E-state index in [2.05, 4.69) is 6.92 Å². The summed E-state index contributed by atoms with van der Waals surface area (Å²) < 4.78 is 10.6. The summed E-state index contributed by atoms with van der Waals surface area (Å²) in [6.07, 6.45) is 2.36. The Morgan fingerprint density at radius 1 is 1.44 bits per heavy atom. The first-order valence-electron chi connectivity index (χ1n) is 6.85. The van der Waals surface area contributed by atoms with Crippen molar-refractivity contribution in [3.8, 4) is 0 Å². The summed E-state index contributed by atoms with van der Waals surface area (Å²) in [6.45, 7) is 7.80. The second kappa shape index (κ2) is 6.76. The van der Waals surface area contributed by atoms with Crippen molar-refractivity contribution in [2.75, 3.05) is 0 Å². The van der Waals surface area contributed by atoms with E-state index in [0.29, 0.717) is 6.42 Å². The molecule has 0 radical (unpaired) electrons. The number of ether oxygens (including phenoxy) is 2. The molecule has 1 aliphatic heterocycles. The standard InChI is InChI=1S/C14H24O4/c1-5-6-7-11-13(10(4)17-14(11)16)18-12(15)8-9(2)3/h9-11,13H,5-8H2,1-4H3/t10-,11+,13-/m1/s1. The van der Waals surface area contributed by atoms with Crippen LogP contribution in [0.25, 0.3) is 0 Å². The molecule has 0 aromatic rings. The number of hydrogen-bond acceptors (Lipinski definition) is 4. The third-order valence-corrected chi connectivity index (χ3v) is 3.18. The van der Waals surface area contributed by atoms with Gasteiger partial charge in [-0.2, -0.15) is 0 Å². The van der Waals surface area contributed by atoms with Crippen LogP contribution < -0.4 is 0 Å². The third-order valence-electron chi connectivity index (χ3n) is 3.18. The van der Waals surface area contributed by atoms with E-state index in [9.17, 15) is 9.59 Å². The highest BCUT2D eigenvalue weighted by Crippen LogP contribution is 2.29. The van der Waals surface area contributed by atoms with E-state index in [-0.39, 0.29) is 29.9 Å². The highest BCUT2D eigenvalue weighted by Gasteiger charge is 2.44. The van der Waals surface area contributed by atoms with Gasteiger partial charge in [0.05, 0.1) is 5.92 Å². The number of cyclic esters (lactones) is 1. The molecule has 0 N–H and O–H groups in total. The lowest BCUT2D eigenvalue weighted by atomic mass is 9.95. The monoisotopic (exact) mass is 256 g/mol. The van der Waals surface area contributed by atoms with Gasteiger partial charge in [0.15, 0.2) is 6.10 Å². The van der Waals surface area contributed by atoms with Gasteiger partial charge in [0.2, 0.25) is 0 Å². The first kappa shape index (κ1) is 15.0. The predicted octanol–water partition coefficient (Wildman–Crippen LogP) is 2.70. The number of rotatable bonds is 6. The minimum absolute atomic E-state index is 0.224. The van der Waals surface area contributed by atoms with Crippen LogP contribution in [0.3, 0.4) is 0 Å². The van der Waals surface area contributed by atoms with Crippen molar-refractivity contribution in [2.24, 2.45) is 11.8 Å². The summed E-state index contributed by atoms with van der Waals surface area (Å²) in [7, 11) is 0. The Kier molecular flexibility index (Phi) is 5.63. The molecule has 0 amide bonds. The van der Waals surface area contributed by atoms with Crippen LogP contribution in [-0.4, -0.2) is 24.1 Å². The molecular weight excluding hydrogens is 232 g/mol. The van der Waals surface area contributed by atoms with E-state index in [0.717, 1.165) is 19.3 Å². The van der Waals surface area contributed by atoms with Gasteiger partial charge < -0.3 is 9.47 Å². The van der Waals surface area contributed by atoms with Gasteiger partial charge in [-0.3, -0.25) is 9.59 Å². The van der Waals surface area contributed by atoms with Crippen molar-refractivity contribution in [1.29, 1.82) is 0 Å². The molecule has 4 heteroatoms. The maximum absolute atomic E-state index is 11.7. The van der Waals surface area contributed by atoms with Crippen molar-refractivity contribution in [3.05, 3.63) is 0 Å². The van der Waals surface area contributed by atoms with Crippen LogP contribution in [0.5, 0.6) is 0 Å². The topological polar surface area (TPSA) is 52.6 Å². The third kappa shape index (κ3) is 4.00. The average Bonchev–Trinajstić information content (AvgIpc) is 2.50. The number of carbonyl (C=O) groups is 2. The molecule has 0 aromatic carbocycles. The van der Waals surface area contributed by atoms with E-state index in [1.165, 1.54) is 0 Å². The van der Waals surface area contributed by atoms with Crippen molar-refractivity contribution in [3.63, 3.8) is 0 Å². The molecule has 0 spiro atoms. The molecule has 4 nitrogen and oxygen atoms in total. The summed E-state index contributed by atoms with van der Waals surface area (Å²) in [5.74, 6) is -0.476. The molecule has 18 heavy (non-hydrogen) atoms. The lowest BCUT2D eigenvalue weighted by molar-refractivity contribution is -0.154. The summed E-state index contributed by atoms with van der Waals surface area (Å²) in [4.78, 5) is 23.4. The fourth-order valence-electron chi connectivity index (χ4n) is 2.22. The lowest BCUT2D eigenvalue weighted by Crippen LogP contribution is -2.31. The van der Waals surface area contributed by atoms with Crippen molar-refractivity contribution in [1.82, 2.24) is 0 Å². The van der Waals surface area contributed by atoms with Gasteiger partial charge in [-0.1, -0.05) is 33.6 Å². The van der Waals surface area contributed by atoms with Crippen molar-refractivity contribution in [2.45, 2.75) is 65.6 Å². The van der Waals surface area contributed by atoms with E-state index in [4.69, 9.17) is 9.47 Å². The van der Waals surface area contributed by atoms with Gasteiger partial charge >= 0.3 is 11.9 Å². The predicted molar refractivity (Wildman–Crippen MR) is 67.9 cm³/mol. The van der Waals surface area contributed by atoms with Crippen molar-refractivity contribution >= 4 is 11.9 Å². The zero-order chi connectivity index (χ0) is 13.7. The van der Waals surface area contributed by atoms with Crippen LogP contribution >= 0.6 is 0 Å². The number of unbranched alkanes of at least 4 members (excludes halogenated alkanes) is 1. The number of hydrogen-bond donors (Lipinski definition) is 0. The molecule has 1 rings (SSSR count). The summed E-state index contributed by atoms with van der Waals surface area (Å²) in [5.41, 5.74) is 0. The fraction of sp³-hybridized carbons (Fsp3) is 0.857. The molecular formula is C14H24O4. The van der Waals surface area contributed by atoms with Crippen LogP contribution in [0, 0.1) is 11.8 Å². The molecule has 1 fully saturated rings. The maximum Gasteiger partial charge on any atom is 0.313 e. The highest BCUT2D eigenvalue weighted by molar-refractivity contribution is 5.77. The Labute approximate surface area is 109 Å². The van der Waals surface area contributed by atoms with E-state index < -0.39 is 6.10 Å². The normalized spacial score (nSPS) is 27.4. The molecule has 0 aromatic heterocycles. The zero-order valence-corrected chi connectivity index (χ0v) is 11.8. The minimum atomic E-state index is -0.407. The molecule has 104 valence electrons. The molecule has 1 saturated heterocycles. The number of esters is 2. The Morgan fingerprint density at radius 3 is 2.67 bits per heavy atom. The van der Waals surface area contributed by atoms with Gasteiger partial charge in [0, 0.05) is 6.42 Å². The Hall–Kier alpha value is -1.06. The van der Waals surface area contributed by atoms with Gasteiger partial charge in [0.1, 0.15) is 6.10 Å². The van der Waals surface area contributed by atoms with Crippen LogP contribution in [-0.2, 0) is 19.1 Å². The van der Waals surface area contributed by atoms with Gasteiger partial charge in [-0.15, -0.1) is 0 Å². The van der Waals surface area contributed by atoms with Gasteiger partial charge in [-0.25, -0.2) is 0 Å². The lowest BCUT2D eigenvalue weighted by Gasteiger charge is -2.19. The molecule has 1 aliphatic rings. The van der Waals surface area contributed by atoms with E-state index >= 15 is 0 Å². The Bertz CT molecular complexity index is 298. The summed E-state index contributed by atoms with van der Waals surface area (Å²) >= 11 is 0. The van der Waals surface area contributed by atoms with Crippen LogP contribution in [0.4, 0.5) is 0 Å². The second-order valence-corrected chi connectivity index (χ2v) is 5.44. The van der Waals surface area contributed by atoms with E-state index in [1.807, 2.05) is 13.8 Å². The number of carbonyl (C=O) groups excluding carboxylic acids is 2. The zero-order valence-electron chi connectivity index (χ0n) is 11.8. The van der Waals surface area contributed by atoms with Crippen LogP contribution in [0.2, 0.25) is 0 Å². The molecule has 3 atom stereocenters. The molecule has 0 unspecified atom stereocenters. The SMILES string of the molecule is CCCC[C@@H]1C(=O)O[C@H](C)[C@H]1OC(=O)CC(C)C. The largest absolute Gasteiger partial charge is 0.458 e. The Morgan fingerprint density at radius 2 is 2.11 bits per heavy atom. The average molecular weight is 256 g/mol. The van der Waals surface area contributed by atoms with Gasteiger partial charge in [0.25, 0.3) is 0 Å². The second-order valence-electron chi connectivity index (χ2n) is 5.44. The smallest absolute Gasteiger partial charge is 0.313 e. The quantitative estimate of drug-likeness (QED) is 0.686. The van der Waals surface area contributed by atoms with Crippen LogP contribution in [0.15, 0.2) is 0 Å². The highest BCUT2D eigenvalue weighted by atomic mass is 16.6. The van der Waals surface area contributed by atoms with Gasteiger partial charge in [-0.05, 0) is 19.3 Å². The fourth-order valence-corrected chi connectivity index (χ4v) is 2.22. The molecule has 0 bridgehead atoms. The first-order valence-corrected chi connectivity index (χ1v) is 6.85.